The molecule has 0 N–H and O–H groups in total. The molecular formula is C25H43O3P. The van der Waals surface area contributed by atoms with Gasteiger partial charge in [-0.2, -0.15) is 0 Å². The Labute approximate surface area is 180 Å². The van der Waals surface area contributed by atoms with Crippen molar-refractivity contribution < 1.29 is 13.6 Å². The predicted octanol–water partition coefficient (Wildman–Crippen LogP) is 7.98. The molecule has 166 valence electrons. The van der Waals surface area contributed by atoms with E-state index >= 15 is 0 Å². The van der Waals surface area contributed by atoms with Crippen LogP contribution in [0.5, 0.6) is 5.75 Å². The van der Waals surface area contributed by atoms with Gasteiger partial charge in [-0.15, -0.1) is 0 Å². The summed E-state index contributed by atoms with van der Waals surface area (Å²) in [6.07, 6.45) is 6.74. The largest absolute Gasteiger partial charge is 0.426 e. The van der Waals surface area contributed by atoms with Crippen LogP contribution in [0.4, 0.5) is 0 Å². The van der Waals surface area contributed by atoms with Crippen LogP contribution in [0, 0.1) is 11.3 Å². The standard InChI is InChI=1S/C25H43O3P/c1-9-12-13-25(11-3)17-26-29(27-18-25)28-23-21(10-2)15-20(14-19(4)5)16-22(23)24(6,7)8/h15-16,19H,9-14,17-18H2,1-8H3. The Morgan fingerprint density at radius 2 is 1.76 bits per heavy atom. The lowest BCUT2D eigenvalue weighted by atomic mass is 9.82. The van der Waals surface area contributed by atoms with Crippen molar-refractivity contribution in [1.29, 1.82) is 0 Å². The first-order valence-electron chi connectivity index (χ1n) is 11.5. The third-order valence-electron chi connectivity index (χ3n) is 5.99. The molecule has 0 saturated carbocycles. The molecule has 3 nitrogen and oxygen atoms in total. The molecule has 0 radical (unpaired) electrons. The van der Waals surface area contributed by atoms with Crippen LogP contribution in [0.2, 0.25) is 0 Å². The molecule has 0 amide bonds. The summed E-state index contributed by atoms with van der Waals surface area (Å²) in [6.45, 7) is 19.5. The molecule has 1 aliphatic rings. The smallest absolute Gasteiger partial charge is 0.397 e. The zero-order valence-corrected chi connectivity index (χ0v) is 21.0. The summed E-state index contributed by atoms with van der Waals surface area (Å²) in [5.41, 5.74) is 4.09. The van der Waals surface area contributed by atoms with Gasteiger partial charge < -0.3 is 13.6 Å². The van der Waals surface area contributed by atoms with Crippen LogP contribution >= 0.6 is 8.60 Å². The van der Waals surface area contributed by atoms with Crippen molar-refractivity contribution >= 4 is 8.60 Å². The van der Waals surface area contributed by atoms with E-state index in [2.05, 4.69) is 67.5 Å². The van der Waals surface area contributed by atoms with Gasteiger partial charge >= 0.3 is 8.60 Å². The summed E-state index contributed by atoms with van der Waals surface area (Å²) in [5, 5.41) is 0. The van der Waals surface area contributed by atoms with Gasteiger partial charge in [-0.25, -0.2) is 0 Å². The minimum Gasteiger partial charge on any atom is -0.426 e. The summed E-state index contributed by atoms with van der Waals surface area (Å²) in [6, 6.07) is 4.66. The molecule has 1 fully saturated rings. The first-order chi connectivity index (χ1) is 13.6. The molecule has 1 saturated heterocycles. The van der Waals surface area contributed by atoms with E-state index in [-0.39, 0.29) is 10.8 Å². The summed E-state index contributed by atoms with van der Waals surface area (Å²) >= 11 is 0. The van der Waals surface area contributed by atoms with E-state index in [4.69, 9.17) is 13.6 Å². The molecule has 0 unspecified atom stereocenters. The van der Waals surface area contributed by atoms with Gasteiger partial charge in [0.15, 0.2) is 0 Å². The van der Waals surface area contributed by atoms with Gasteiger partial charge in [0, 0.05) is 11.0 Å². The van der Waals surface area contributed by atoms with Crippen LogP contribution in [-0.2, 0) is 27.3 Å². The average Bonchev–Trinajstić information content (AvgIpc) is 2.67. The zero-order valence-electron chi connectivity index (χ0n) is 20.1. The second-order valence-corrected chi connectivity index (χ2v) is 11.3. The third-order valence-corrected chi connectivity index (χ3v) is 7.00. The van der Waals surface area contributed by atoms with Crippen LogP contribution in [0.1, 0.15) is 97.8 Å². The molecule has 1 aliphatic heterocycles. The Kier molecular flexibility index (Phi) is 9.01. The van der Waals surface area contributed by atoms with Gasteiger partial charge in [0.1, 0.15) is 5.75 Å². The molecule has 1 aromatic rings. The van der Waals surface area contributed by atoms with Crippen LogP contribution < -0.4 is 4.52 Å². The van der Waals surface area contributed by atoms with Crippen LogP contribution in [0.25, 0.3) is 0 Å². The lowest BCUT2D eigenvalue weighted by molar-refractivity contribution is 0.00789. The fourth-order valence-corrected chi connectivity index (χ4v) is 5.24. The highest BCUT2D eigenvalue weighted by Crippen LogP contribution is 2.52. The highest BCUT2D eigenvalue weighted by molar-refractivity contribution is 7.42. The summed E-state index contributed by atoms with van der Waals surface area (Å²) in [5.74, 6) is 1.62. The first-order valence-corrected chi connectivity index (χ1v) is 12.6. The van der Waals surface area contributed by atoms with Crippen LogP contribution in [0.15, 0.2) is 12.1 Å². The van der Waals surface area contributed by atoms with E-state index < -0.39 is 8.60 Å². The third kappa shape index (κ3) is 6.68. The second-order valence-electron chi connectivity index (χ2n) is 10.2. The number of hydrogen-bond acceptors (Lipinski definition) is 3. The zero-order chi connectivity index (χ0) is 21.7. The molecule has 2 rings (SSSR count). The van der Waals surface area contributed by atoms with Crippen molar-refractivity contribution in [1.82, 2.24) is 0 Å². The Morgan fingerprint density at radius 1 is 1.10 bits per heavy atom. The molecular weight excluding hydrogens is 379 g/mol. The van der Waals surface area contributed by atoms with Crippen molar-refractivity contribution in [3.8, 4) is 5.75 Å². The van der Waals surface area contributed by atoms with Crippen molar-refractivity contribution in [3.63, 3.8) is 0 Å². The Morgan fingerprint density at radius 3 is 2.24 bits per heavy atom. The maximum Gasteiger partial charge on any atom is 0.397 e. The second kappa shape index (κ2) is 10.6. The van der Waals surface area contributed by atoms with Gasteiger partial charge in [-0.1, -0.05) is 80.4 Å². The molecule has 0 atom stereocenters. The van der Waals surface area contributed by atoms with Crippen molar-refractivity contribution in [2.24, 2.45) is 11.3 Å². The number of unbranched alkanes of at least 4 members (excludes halogenated alkanes) is 1. The van der Waals surface area contributed by atoms with Gasteiger partial charge in [0.2, 0.25) is 0 Å². The molecule has 0 spiro atoms. The topological polar surface area (TPSA) is 27.7 Å². The number of aryl methyl sites for hydroxylation is 1. The van der Waals surface area contributed by atoms with Gasteiger partial charge in [-0.3, -0.25) is 0 Å². The predicted molar refractivity (Wildman–Crippen MR) is 125 cm³/mol. The van der Waals surface area contributed by atoms with E-state index in [1.807, 2.05) is 0 Å². The highest BCUT2D eigenvalue weighted by Gasteiger charge is 2.38. The Bertz CT molecular complexity index is 640. The van der Waals surface area contributed by atoms with E-state index in [0.717, 1.165) is 38.2 Å². The maximum atomic E-state index is 6.46. The fourth-order valence-electron chi connectivity index (χ4n) is 3.93. The number of hydrogen-bond donors (Lipinski definition) is 0. The minimum atomic E-state index is -1.34. The summed E-state index contributed by atoms with van der Waals surface area (Å²) < 4.78 is 18.8. The number of rotatable bonds is 9. The molecule has 1 heterocycles. The fraction of sp³-hybridized carbons (Fsp3) is 0.760. The first kappa shape index (κ1) is 24.6. The van der Waals surface area contributed by atoms with E-state index in [1.54, 1.807) is 0 Å². The average molecular weight is 423 g/mol. The Balaban J connectivity index is 2.24. The molecule has 4 heteroatoms. The Hall–Kier alpha value is -0.630. The quantitative estimate of drug-likeness (QED) is 0.377. The summed E-state index contributed by atoms with van der Waals surface area (Å²) in [4.78, 5) is 0. The van der Waals surface area contributed by atoms with Crippen molar-refractivity contribution in [2.75, 3.05) is 13.2 Å². The lowest BCUT2D eigenvalue weighted by Crippen LogP contribution is -2.34. The normalized spacial score (nSPS) is 22.9. The lowest BCUT2D eigenvalue weighted by Gasteiger charge is -2.38. The van der Waals surface area contributed by atoms with Gasteiger partial charge in [0.25, 0.3) is 0 Å². The molecule has 0 aliphatic carbocycles. The molecule has 1 aromatic carbocycles. The van der Waals surface area contributed by atoms with Crippen molar-refractivity contribution in [2.45, 2.75) is 99.3 Å². The van der Waals surface area contributed by atoms with Gasteiger partial charge in [-0.05, 0) is 48.1 Å². The van der Waals surface area contributed by atoms with Gasteiger partial charge in [0.05, 0.1) is 13.2 Å². The van der Waals surface area contributed by atoms with Crippen LogP contribution in [0.3, 0.4) is 0 Å². The summed E-state index contributed by atoms with van der Waals surface area (Å²) in [7, 11) is -1.34. The molecule has 0 aromatic heterocycles. The monoisotopic (exact) mass is 422 g/mol. The molecule has 0 bridgehead atoms. The molecule has 29 heavy (non-hydrogen) atoms. The van der Waals surface area contributed by atoms with Crippen molar-refractivity contribution in [3.05, 3.63) is 28.8 Å². The number of benzene rings is 1. The van der Waals surface area contributed by atoms with E-state index in [9.17, 15) is 0 Å². The maximum absolute atomic E-state index is 6.46. The van der Waals surface area contributed by atoms with E-state index in [1.165, 1.54) is 36.0 Å². The minimum absolute atomic E-state index is 0.00562. The van der Waals surface area contributed by atoms with E-state index in [0.29, 0.717) is 5.92 Å². The van der Waals surface area contributed by atoms with Crippen LogP contribution in [-0.4, -0.2) is 13.2 Å². The SMILES string of the molecule is CCCCC1(CC)COP(Oc2c(CC)cc(CC(C)C)cc2C(C)(C)C)OC1. The highest BCUT2D eigenvalue weighted by atomic mass is 31.2.